The lowest BCUT2D eigenvalue weighted by molar-refractivity contribution is -0.144. The normalized spacial score (nSPS) is 23.7. The summed E-state index contributed by atoms with van der Waals surface area (Å²) in [6.45, 7) is 1.95. The number of piperidine rings is 1. The first-order chi connectivity index (χ1) is 9.87. The van der Waals surface area contributed by atoms with Gasteiger partial charge in [0.1, 0.15) is 16.7 Å². The topological polar surface area (TPSA) is 96.8 Å². The van der Waals surface area contributed by atoms with E-state index in [1.54, 1.807) is 6.92 Å². The van der Waals surface area contributed by atoms with E-state index in [2.05, 4.69) is 4.98 Å². The van der Waals surface area contributed by atoms with Crippen molar-refractivity contribution in [2.24, 2.45) is 5.92 Å². The van der Waals surface area contributed by atoms with Crippen LogP contribution in [0.15, 0.2) is 23.4 Å². The number of hydrogen-bond acceptors (Lipinski definition) is 5. The highest BCUT2D eigenvalue weighted by molar-refractivity contribution is 7.89. The molecule has 0 bridgehead atoms. The quantitative estimate of drug-likeness (QED) is 0.889. The maximum absolute atomic E-state index is 12.7. The zero-order valence-electron chi connectivity index (χ0n) is 11.9. The third-order valence-electron chi connectivity index (χ3n) is 3.67. The fourth-order valence-electron chi connectivity index (χ4n) is 2.57. The fraction of sp³-hybridized carbons (Fsp3) is 0.538. The van der Waals surface area contributed by atoms with Gasteiger partial charge in [-0.25, -0.2) is 8.42 Å². The molecule has 0 amide bonds. The summed E-state index contributed by atoms with van der Waals surface area (Å²) in [7, 11) is -2.50. The molecular formula is C13H18N2O5S. The van der Waals surface area contributed by atoms with Crippen LogP contribution in [0, 0.1) is 5.92 Å². The van der Waals surface area contributed by atoms with Crippen LogP contribution in [0.5, 0.6) is 5.75 Å². The van der Waals surface area contributed by atoms with Gasteiger partial charge in [-0.3, -0.25) is 9.78 Å². The fourth-order valence-corrected chi connectivity index (χ4v) is 4.27. The van der Waals surface area contributed by atoms with Crippen LogP contribution in [0.3, 0.4) is 0 Å². The maximum Gasteiger partial charge on any atom is 0.322 e. The highest BCUT2D eigenvalue weighted by atomic mass is 32.2. The molecule has 1 fully saturated rings. The van der Waals surface area contributed by atoms with Crippen molar-refractivity contribution in [2.75, 3.05) is 13.7 Å². The third kappa shape index (κ3) is 3.01. The molecule has 21 heavy (non-hydrogen) atoms. The van der Waals surface area contributed by atoms with E-state index in [0.29, 0.717) is 18.6 Å². The van der Waals surface area contributed by atoms with Crippen molar-refractivity contribution in [2.45, 2.75) is 30.7 Å². The minimum absolute atomic E-state index is 0.0535. The second-order valence-corrected chi connectivity index (χ2v) is 6.97. The van der Waals surface area contributed by atoms with Crippen molar-refractivity contribution in [3.05, 3.63) is 18.5 Å². The van der Waals surface area contributed by atoms with Crippen LogP contribution in [0.2, 0.25) is 0 Å². The lowest BCUT2D eigenvalue weighted by Gasteiger charge is -2.36. The molecule has 2 atom stereocenters. The van der Waals surface area contributed by atoms with Crippen molar-refractivity contribution >= 4 is 16.0 Å². The first kappa shape index (κ1) is 15.7. The summed E-state index contributed by atoms with van der Waals surface area (Å²) in [6, 6.07) is 0.301. The highest BCUT2D eigenvalue weighted by Gasteiger charge is 2.41. The molecule has 0 aromatic carbocycles. The number of ether oxygens (including phenoxy) is 1. The van der Waals surface area contributed by atoms with Gasteiger partial charge in [0.05, 0.1) is 13.3 Å². The SMILES string of the molecule is COc1cncc(S(=O)(=O)N2CCCC(C)C2C(=O)O)c1. The number of hydrogen-bond donors (Lipinski definition) is 1. The summed E-state index contributed by atoms with van der Waals surface area (Å²) in [5.74, 6) is -1.04. The van der Waals surface area contributed by atoms with Crippen LogP contribution in [0.1, 0.15) is 19.8 Å². The zero-order chi connectivity index (χ0) is 15.6. The Morgan fingerprint density at radius 2 is 2.19 bits per heavy atom. The Morgan fingerprint density at radius 1 is 1.48 bits per heavy atom. The molecule has 1 N–H and O–H groups in total. The van der Waals surface area contributed by atoms with Crippen molar-refractivity contribution in [3.8, 4) is 5.75 Å². The van der Waals surface area contributed by atoms with Gasteiger partial charge in [-0.1, -0.05) is 6.92 Å². The molecule has 1 aromatic heterocycles. The summed E-state index contributed by atoms with van der Waals surface area (Å²) in [6.07, 6.45) is 3.93. The zero-order valence-corrected chi connectivity index (χ0v) is 12.7. The van der Waals surface area contributed by atoms with Crippen molar-refractivity contribution in [1.29, 1.82) is 0 Å². The average molecular weight is 314 g/mol. The van der Waals surface area contributed by atoms with Gasteiger partial charge >= 0.3 is 5.97 Å². The smallest absolute Gasteiger partial charge is 0.322 e. The monoisotopic (exact) mass is 314 g/mol. The maximum atomic E-state index is 12.7. The van der Waals surface area contributed by atoms with Crippen molar-refractivity contribution in [1.82, 2.24) is 9.29 Å². The lowest BCUT2D eigenvalue weighted by Crippen LogP contribution is -2.51. The lowest BCUT2D eigenvalue weighted by atomic mass is 9.93. The predicted octanol–water partition coefficient (Wildman–Crippen LogP) is 0.964. The number of carboxylic acid groups (broad SMARTS) is 1. The summed E-state index contributed by atoms with van der Waals surface area (Å²) >= 11 is 0. The van der Waals surface area contributed by atoms with Gasteiger partial charge in [-0.2, -0.15) is 4.31 Å². The van der Waals surface area contributed by atoms with E-state index >= 15 is 0 Å². The van der Waals surface area contributed by atoms with E-state index in [1.807, 2.05) is 0 Å². The molecule has 1 aromatic rings. The molecule has 116 valence electrons. The van der Waals surface area contributed by atoms with Gasteiger partial charge < -0.3 is 9.84 Å². The molecule has 0 aliphatic carbocycles. The van der Waals surface area contributed by atoms with Crippen molar-refractivity contribution < 1.29 is 23.1 Å². The van der Waals surface area contributed by atoms with E-state index < -0.39 is 22.0 Å². The molecule has 7 nitrogen and oxygen atoms in total. The first-order valence-corrected chi connectivity index (χ1v) is 8.05. The minimum atomic E-state index is -3.91. The largest absolute Gasteiger partial charge is 0.495 e. The van der Waals surface area contributed by atoms with Gasteiger partial charge in [-0.05, 0) is 18.8 Å². The van der Waals surface area contributed by atoms with Crippen LogP contribution >= 0.6 is 0 Å². The van der Waals surface area contributed by atoms with Crippen LogP contribution in [-0.4, -0.2) is 48.5 Å². The predicted molar refractivity (Wildman–Crippen MR) is 74.5 cm³/mol. The summed E-state index contributed by atoms with van der Waals surface area (Å²) in [4.78, 5) is 15.2. The second-order valence-electron chi connectivity index (χ2n) is 5.08. The van der Waals surface area contributed by atoms with Gasteiger partial charge in [0.25, 0.3) is 0 Å². The molecule has 0 spiro atoms. The van der Waals surface area contributed by atoms with Gasteiger partial charge in [-0.15, -0.1) is 0 Å². The molecular weight excluding hydrogens is 296 g/mol. The molecule has 8 heteroatoms. The number of carbonyl (C=O) groups is 1. The average Bonchev–Trinajstić information content (AvgIpc) is 2.46. The van der Waals surface area contributed by atoms with Gasteiger partial charge in [0, 0.05) is 18.8 Å². The third-order valence-corrected chi connectivity index (χ3v) is 5.52. The van der Waals surface area contributed by atoms with Gasteiger partial charge in [0.2, 0.25) is 10.0 Å². The molecule has 1 saturated heterocycles. The molecule has 2 unspecified atom stereocenters. The Bertz CT molecular complexity index is 631. The number of methoxy groups -OCH3 is 1. The number of rotatable bonds is 4. The van der Waals surface area contributed by atoms with Crippen LogP contribution in [0.4, 0.5) is 0 Å². The standard InChI is InChI=1S/C13H18N2O5S/c1-9-4-3-5-15(12(9)13(16)17)21(18,19)11-6-10(20-2)7-14-8-11/h6-9,12H,3-5H2,1-2H3,(H,16,17). The highest BCUT2D eigenvalue weighted by Crippen LogP contribution is 2.30. The Hall–Kier alpha value is -1.67. The Labute approximate surface area is 123 Å². The van der Waals surface area contributed by atoms with Gasteiger partial charge in [0.15, 0.2) is 0 Å². The molecule has 0 saturated carbocycles. The van der Waals surface area contributed by atoms with E-state index in [4.69, 9.17) is 4.74 Å². The Kier molecular flexibility index (Phi) is 4.48. The number of pyridine rings is 1. The first-order valence-electron chi connectivity index (χ1n) is 6.61. The number of nitrogens with zero attached hydrogens (tertiary/aromatic N) is 2. The number of aromatic nitrogens is 1. The van der Waals surface area contributed by atoms with E-state index in [-0.39, 0.29) is 17.4 Å². The molecule has 2 rings (SSSR count). The van der Waals surface area contributed by atoms with Crippen LogP contribution in [0.25, 0.3) is 0 Å². The summed E-state index contributed by atoms with van der Waals surface area (Å²) in [5, 5.41) is 9.34. The molecule has 1 aliphatic heterocycles. The van der Waals surface area contributed by atoms with E-state index in [1.165, 1.54) is 25.6 Å². The Morgan fingerprint density at radius 3 is 2.81 bits per heavy atom. The number of carboxylic acids is 1. The Balaban J connectivity index is 2.43. The summed E-state index contributed by atoms with van der Waals surface area (Å²) in [5.41, 5.74) is 0. The van der Waals surface area contributed by atoms with Crippen LogP contribution in [-0.2, 0) is 14.8 Å². The molecule has 0 radical (unpaired) electrons. The van der Waals surface area contributed by atoms with E-state index in [0.717, 1.165) is 4.31 Å². The second kappa shape index (κ2) is 5.98. The van der Waals surface area contributed by atoms with E-state index in [9.17, 15) is 18.3 Å². The van der Waals surface area contributed by atoms with Crippen LogP contribution < -0.4 is 4.74 Å². The summed E-state index contributed by atoms with van der Waals surface area (Å²) < 4.78 is 31.4. The molecule has 1 aliphatic rings. The molecule has 2 heterocycles. The number of sulfonamides is 1. The minimum Gasteiger partial charge on any atom is -0.495 e. The van der Waals surface area contributed by atoms with Crippen molar-refractivity contribution in [3.63, 3.8) is 0 Å². The number of aliphatic carboxylic acids is 1.